The van der Waals surface area contributed by atoms with Crippen LogP contribution in [0.3, 0.4) is 0 Å². The van der Waals surface area contributed by atoms with Crippen LogP contribution in [0.4, 0.5) is 0 Å². The summed E-state index contributed by atoms with van der Waals surface area (Å²) in [5.41, 5.74) is 8.04. The summed E-state index contributed by atoms with van der Waals surface area (Å²) < 4.78 is 10.6. The first-order valence-corrected chi connectivity index (χ1v) is 15.3. The Morgan fingerprint density at radius 2 is 1.15 bits per heavy atom. The van der Waals surface area contributed by atoms with Gasteiger partial charge >= 0.3 is 21.1 Å². The molecule has 0 atom stereocenters. The van der Waals surface area contributed by atoms with Crippen LogP contribution in [0.2, 0.25) is 0 Å². The number of hydrogen-bond donors (Lipinski definition) is 0. The van der Waals surface area contributed by atoms with E-state index in [4.69, 9.17) is 9.72 Å². The summed E-state index contributed by atoms with van der Waals surface area (Å²) in [6.45, 7) is 0. The van der Waals surface area contributed by atoms with Gasteiger partial charge in [0.25, 0.3) is 0 Å². The summed E-state index contributed by atoms with van der Waals surface area (Å²) in [5.74, 6) is 1.13. The maximum absolute atomic E-state index is 6.46. The van der Waals surface area contributed by atoms with E-state index in [0.717, 1.165) is 77.0 Å². The van der Waals surface area contributed by atoms with Crippen LogP contribution in [0.1, 0.15) is 0 Å². The summed E-state index contributed by atoms with van der Waals surface area (Å²) >= 11 is 0. The Morgan fingerprint density at radius 1 is 0.542 bits per heavy atom. The quantitative estimate of drug-likeness (QED) is 0.131. The van der Waals surface area contributed by atoms with Crippen LogP contribution in [0.25, 0.3) is 77.0 Å². The number of fused-ring (bicyclic) bond motifs is 12. The first kappa shape index (κ1) is 28.3. The molecule has 0 saturated carbocycles. The Morgan fingerprint density at radius 3 is 1.88 bits per heavy atom. The van der Waals surface area contributed by atoms with Gasteiger partial charge in [-0.15, -0.1) is 12.1 Å². The van der Waals surface area contributed by atoms with Gasteiger partial charge in [0.1, 0.15) is 12.0 Å². The van der Waals surface area contributed by atoms with Crippen molar-refractivity contribution in [3.05, 3.63) is 147 Å². The van der Waals surface area contributed by atoms with Crippen molar-refractivity contribution in [2.24, 2.45) is 0 Å². The zero-order chi connectivity index (χ0) is 30.9. The minimum absolute atomic E-state index is 0. The van der Waals surface area contributed by atoms with Crippen molar-refractivity contribution in [1.29, 1.82) is 0 Å². The maximum Gasteiger partial charge on any atom is 2.00 e. The summed E-state index contributed by atoms with van der Waals surface area (Å²) in [6, 6.07) is 40.5. The smallest absolute Gasteiger partial charge is 0.497 e. The number of hydrogen-bond acceptors (Lipinski definition) is 5. The molecule has 10 rings (SSSR count). The molecule has 0 N–H and O–H groups in total. The molecule has 0 amide bonds. The van der Waals surface area contributed by atoms with Crippen LogP contribution in [-0.4, -0.2) is 28.7 Å². The van der Waals surface area contributed by atoms with E-state index in [1.54, 1.807) is 12.5 Å². The van der Waals surface area contributed by atoms with Crippen molar-refractivity contribution in [3.8, 4) is 33.8 Å². The molecule has 228 valence electrons. The molecule has 0 fully saturated rings. The van der Waals surface area contributed by atoms with Crippen molar-refractivity contribution in [1.82, 2.24) is 28.7 Å². The van der Waals surface area contributed by atoms with E-state index in [0.29, 0.717) is 11.5 Å². The summed E-state index contributed by atoms with van der Waals surface area (Å²) in [6.07, 6.45) is 10.9. The normalized spacial score (nSPS) is 11.6. The Balaban J connectivity index is 0.00000314. The standard InChI is InChI=1S/C40H22N6O.Pt/c1-3-7-25(8-4-1)29-15-16-30(26-9-5-2-6-10-26)37-36(29)32-14-12-28(22-34(32)38-42-17-19-45(37)38)47-27-11-13-31-33(21-27)39-43-18-20-46(39)40-35(31)23-41-24-44-40;/h1-20,23-24H;/q-2;+2. The van der Waals surface area contributed by atoms with Gasteiger partial charge in [-0.2, -0.15) is 0 Å². The van der Waals surface area contributed by atoms with Gasteiger partial charge < -0.3 is 13.5 Å². The molecule has 0 spiro atoms. The third-order valence-corrected chi connectivity index (χ3v) is 8.85. The Labute approximate surface area is 288 Å². The minimum Gasteiger partial charge on any atom is -0.497 e. The number of imidazole rings is 2. The van der Waals surface area contributed by atoms with Gasteiger partial charge in [0.2, 0.25) is 0 Å². The van der Waals surface area contributed by atoms with E-state index in [9.17, 15) is 0 Å². The largest absolute Gasteiger partial charge is 2.00 e. The van der Waals surface area contributed by atoms with Crippen LogP contribution in [0.5, 0.6) is 11.5 Å². The minimum atomic E-state index is 0. The maximum atomic E-state index is 6.46. The van der Waals surface area contributed by atoms with Gasteiger partial charge in [0.05, 0.1) is 11.3 Å². The van der Waals surface area contributed by atoms with E-state index >= 15 is 0 Å². The molecule has 5 heterocycles. The third-order valence-electron chi connectivity index (χ3n) is 8.85. The number of pyridine rings is 2. The van der Waals surface area contributed by atoms with Crippen LogP contribution < -0.4 is 4.74 Å². The van der Waals surface area contributed by atoms with Crippen LogP contribution in [0.15, 0.2) is 134 Å². The number of benzene rings is 5. The van der Waals surface area contributed by atoms with Gasteiger partial charge in [-0.05, 0) is 22.1 Å². The molecule has 0 unspecified atom stereocenters. The Hall–Kier alpha value is -5.91. The van der Waals surface area contributed by atoms with Gasteiger partial charge in [0.15, 0.2) is 0 Å². The van der Waals surface area contributed by atoms with E-state index in [2.05, 4.69) is 98.2 Å². The van der Waals surface area contributed by atoms with E-state index in [1.165, 1.54) is 0 Å². The van der Waals surface area contributed by atoms with Crippen LogP contribution in [-0.2, 0) is 21.1 Å². The second kappa shape index (κ2) is 11.1. The van der Waals surface area contributed by atoms with Crippen LogP contribution >= 0.6 is 0 Å². The molecule has 5 aromatic carbocycles. The molecule has 8 heteroatoms. The second-order valence-electron chi connectivity index (χ2n) is 11.4. The molecule has 0 aliphatic rings. The number of aromatic nitrogens is 6. The molecule has 7 nitrogen and oxygen atoms in total. The predicted molar refractivity (Wildman–Crippen MR) is 185 cm³/mol. The molecular weight excluding hydrogens is 776 g/mol. The van der Waals surface area contributed by atoms with Crippen LogP contribution in [0, 0.1) is 12.1 Å². The predicted octanol–water partition coefficient (Wildman–Crippen LogP) is 9.11. The fourth-order valence-electron chi connectivity index (χ4n) is 6.83. The fraction of sp³-hybridized carbons (Fsp3) is 0. The Bertz CT molecular complexity index is 2830. The fourth-order valence-corrected chi connectivity index (χ4v) is 6.83. The van der Waals surface area contributed by atoms with Crippen molar-refractivity contribution in [2.45, 2.75) is 0 Å². The van der Waals surface area contributed by atoms with E-state index in [-0.39, 0.29) is 21.1 Å². The average Bonchev–Trinajstić information content (AvgIpc) is 3.84. The van der Waals surface area contributed by atoms with Gasteiger partial charge in [-0.3, -0.25) is 9.97 Å². The molecule has 0 aliphatic heterocycles. The second-order valence-corrected chi connectivity index (χ2v) is 11.4. The molecule has 48 heavy (non-hydrogen) atoms. The zero-order valence-electron chi connectivity index (χ0n) is 25.1. The van der Waals surface area contributed by atoms with Gasteiger partial charge in [0, 0.05) is 58.9 Å². The molecule has 0 aliphatic carbocycles. The van der Waals surface area contributed by atoms with Crippen molar-refractivity contribution in [3.63, 3.8) is 0 Å². The van der Waals surface area contributed by atoms with E-state index in [1.807, 2.05) is 59.5 Å². The topological polar surface area (TPSA) is 69.6 Å². The SMILES string of the molecule is [Pt+2].[c-]1c(Oc2[c-]c3c(cc2)c2c(-c4ccccc4)ccc(-c4ccccc4)c2n2ccnc32)ccc2c1c1nccn1c1ncncc21. The first-order chi connectivity index (χ1) is 23.3. The van der Waals surface area contributed by atoms with Gasteiger partial charge in [-0.25, -0.2) is 9.97 Å². The number of nitrogens with zero attached hydrogens (tertiary/aromatic N) is 6. The average molecular weight is 798 g/mol. The van der Waals surface area contributed by atoms with E-state index < -0.39 is 0 Å². The van der Waals surface area contributed by atoms with Gasteiger partial charge in [-0.1, -0.05) is 119 Å². The molecule has 0 bridgehead atoms. The summed E-state index contributed by atoms with van der Waals surface area (Å²) in [5, 5.41) is 5.78. The van der Waals surface area contributed by atoms with Crippen molar-refractivity contribution >= 4 is 54.8 Å². The summed E-state index contributed by atoms with van der Waals surface area (Å²) in [7, 11) is 0. The van der Waals surface area contributed by atoms with Crippen molar-refractivity contribution in [2.75, 3.05) is 0 Å². The molecule has 0 saturated heterocycles. The summed E-state index contributed by atoms with van der Waals surface area (Å²) in [4.78, 5) is 18.2. The molecule has 5 aromatic heterocycles. The molecule has 0 radical (unpaired) electrons. The van der Waals surface area contributed by atoms with Crippen molar-refractivity contribution < 1.29 is 25.8 Å². The first-order valence-electron chi connectivity index (χ1n) is 15.3. The third kappa shape index (κ3) is 4.25. The molecular formula is C40H22N6OPt. The Kier molecular flexibility index (Phi) is 6.56. The monoisotopic (exact) mass is 797 g/mol. The number of ether oxygens (including phenoxy) is 1. The molecule has 10 aromatic rings. The zero-order valence-corrected chi connectivity index (χ0v) is 27.4. The number of rotatable bonds is 4.